The minimum Gasteiger partial charge on any atom is -0.318 e. The molecule has 2 aromatic rings. The lowest BCUT2D eigenvalue weighted by Crippen LogP contribution is -2.53. The molecule has 2 bridgehead atoms. The molecule has 4 nitrogen and oxygen atoms in total. The van der Waals surface area contributed by atoms with E-state index in [0.717, 1.165) is 50.8 Å². The van der Waals surface area contributed by atoms with Crippen LogP contribution in [0.15, 0.2) is 48.8 Å². The maximum absolute atomic E-state index is 13.5. The van der Waals surface area contributed by atoms with Crippen molar-refractivity contribution < 1.29 is 4.79 Å². The number of hydrogen-bond donors (Lipinski definition) is 0. The SMILES string of the molecule is O=C(N1CCCc2ccccc21)N1[C@@H]2CC[C@H]1C[C@@H](c1ccncc1)C2. The number of aromatic nitrogens is 1. The predicted octanol–water partition coefficient (Wildman–Crippen LogP) is 4.36. The maximum atomic E-state index is 13.5. The first-order valence-electron chi connectivity index (χ1n) is 9.89. The average Bonchev–Trinajstić information content (AvgIpc) is 2.97. The van der Waals surface area contributed by atoms with Gasteiger partial charge in [-0.15, -0.1) is 0 Å². The van der Waals surface area contributed by atoms with Gasteiger partial charge in [-0.3, -0.25) is 9.88 Å². The Hall–Kier alpha value is -2.36. The molecule has 4 heterocycles. The van der Waals surface area contributed by atoms with E-state index in [1.165, 1.54) is 11.1 Å². The Morgan fingerprint density at radius 3 is 2.50 bits per heavy atom. The monoisotopic (exact) mass is 347 g/mol. The summed E-state index contributed by atoms with van der Waals surface area (Å²) in [5, 5.41) is 0. The van der Waals surface area contributed by atoms with Crippen molar-refractivity contribution in [1.29, 1.82) is 0 Å². The zero-order chi connectivity index (χ0) is 17.5. The van der Waals surface area contributed by atoms with E-state index in [-0.39, 0.29) is 6.03 Å². The van der Waals surface area contributed by atoms with Gasteiger partial charge in [-0.1, -0.05) is 18.2 Å². The zero-order valence-electron chi connectivity index (χ0n) is 15.1. The molecule has 5 rings (SSSR count). The van der Waals surface area contributed by atoms with E-state index in [1.54, 1.807) is 0 Å². The van der Waals surface area contributed by atoms with E-state index in [9.17, 15) is 4.79 Å². The summed E-state index contributed by atoms with van der Waals surface area (Å²) >= 11 is 0. The molecule has 2 saturated heterocycles. The molecule has 0 N–H and O–H groups in total. The third-order valence-corrected chi connectivity index (χ3v) is 6.47. The molecule has 1 aromatic heterocycles. The number of pyridine rings is 1. The minimum atomic E-state index is 0.234. The molecule has 26 heavy (non-hydrogen) atoms. The second-order valence-corrected chi connectivity index (χ2v) is 7.91. The highest BCUT2D eigenvalue weighted by molar-refractivity contribution is 5.94. The van der Waals surface area contributed by atoms with Gasteiger partial charge in [0.15, 0.2) is 0 Å². The molecule has 0 aliphatic carbocycles. The van der Waals surface area contributed by atoms with Crippen LogP contribution < -0.4 is 4.90 Å². The molecule has 1 aromatic carbocycles. The molecule has 0 spiro atoms. The van der Waals surface area contributed by atoms with Crippen LogP contribution in [0.25, 0.3) is 0 Å². The van der Waals surface area contributed by atoms with Gasteiger partial charge in [-0.25, -0.2) is 4.79 Å². The average molecular weight is 347 g/mol. The van der Waals surface area contributed by atoms with Gasteiger partial charge in [0.2, 0.25) is 0 Å². The Morgan fingerprint density at radius 1 is 1.00 bits per heavy atom. The second-order valence-electron chi connectivity index (χ2n) is 7.91. The van der Waals surface area contributed by atoms with Gasteiger partial charge in [0.25, 0.3) is 0 Å². The number of hydrogen-bond acceptors (Lipinski definition) is 2. The van der Waals surface area contributed by atoms with Crippen molar-refractivity contribution in [2.75, 3.05) is 11.4 Å². The number of carbonyl (C=O) groups is 1. The van der Waals surface area contributed by atoms with Crippen molar-refractivity contribution in [2.45, 2.75) is 56.5 Å². The standard InChI is InChI=1S/C22H25N3O/c26-22(24-13-3-5-17-4-1-2-6-21(17)24)25-19-7-8-20(25)15-18(14-19)16-9-11-23-12-10-16/h1-2,4,6,9-12,18-20H,3,5,7-8,13-15H2/t18-,19+,20-. The summed E-state index contributed by atoms with van der Waals surface area (Å²) < 4.78 is 0. The molecular weight excluding hydrogens is 322 g/mol. The van der Waals surface area contributed by atoms with E-state index in [2.05, 4.69) is 46.3 Å². The number of amides is 2. The molecule has 4 heteroatoms. The summed E-state index contributed by atoms with van der Waals surface area (Å²) in [4.78, 5) is 21.9. The fourth-order valence-corrected chi connectivity index (χ4v) is 5.27. The number of benzene rings is 1. The maximum Gasteiger partial charge on any atom is 0.324 e. The smallest absolute Gasteiger partial charge is 0.318 e. The quantitative estimate of drug-likeness (QED) is 0.768. The summed E-state index contributed by atoms with van der Waals surface area (Å²) in [5.74, 6) is 0.563. The third-order valence-electron chi connectivity index (χ3n) is 6.47. The number of piperidine rings is 1. The summed E-state index contributed by atoms with van der Waals surface area (Å²) in [6.07, 6.45) is 10.4. The number of fused-ring (bicyclic) bond motifs is 3. The highest BCUT2D eigenvalue weighted by Crippen LogP contribution is 2.44. The van der Waals surface area contributed by atoms with Gasteiger partial charge in [-0.05, 0) is 73.8 Å². The van der Waals surface area contributed by atoms with E-state index in [0.29, 0.717) is 18.0 Å². The number of urea groups is 1. The van der Waals surface area contributed by atoms with Crippen molar-refractivity contribution in [3.8, 4) is 0 Å². The summed E-state index contributed by atoms with van der Waals surface area (Å²) in [6, 6.07) is 13.7. The number of para-hydroxylation sites is 1. The van der Waals surface area contributed by atoms with Gasteiger partial charge in [0, 0.05) is 36.7 Å². The van der Waals surface area contributed by atoms with Crippen molar-refractivity contribution >= 4 is 11.7 Å². The van der Waals surface area contributed by atoms with Crippen LogP contribution in [-0.2, 0) is 6.42 Å². The Labute approximate surface area is 154 Å². The zero-order valence-corrected chi connectivity index (χ0v) is 15.1. The van der Waals surface area contributed by atoms with E-state index >= 15 is 0 Å². The first-order valence-corrected chi connectivity index (χ1v) is 9.89. The van der Waals surface area contributed by atoms with Gasteiger partial charge >= 0.3 is 6.03 Å². The molecule has 0 unspecified atom stereocenters. The van der Waals surface area contributed by atoms with Crippen LogP contribution in [0.1, 0.15) is 49.1 Å². The predicted molar refractivity (Wildman–Crippen MR) is 102 cm³/mol. The fraction of sp³-hybridized carbons (Fsp3) is 0.455. The number of carbonyl (C=O) groups excluding carboxylic acids is 1. The Kier molecular flexibility index (Phi) is 3.92. The lowest BCUT2D eigenvalue weighted by molar-refractivity contribution is 0.143. The highest BCUT2D eigenvalue weighted by atomic mass is 16.2. The second kappa shape index (κ2) is 6.42. The van der Waals surface area contributed by atoms with Gasteiger partial charge in [-0.2, -0.15) is 0 Å². The van der Waals surface area contributed by atoms with Crippen LogP contribution in [0.4, 0.5) is 10.5 Å². The van der Waals surface area contributed by atoms with E-state index < -0.39 is 0 Å². The van der Waals surface area contributed by atoms with Crippen LogP contribution in [-0.4, -0.2) is 34.5 Å². The lowest BCUT2D eigenvalue weighted by atomic mass is 9.85. The summed E-state index contributed by atoms with van der Waals surface area (Å²) in [7, 11) is 0. The molecule has 3 aliphatic heterocycles. The molecule has 0 radical (unpaired) electrons. The van der Waals surface area contributed by atoms with Crippen LogP contribution in [0.2, 0.25) is 0 Å². The summed E-state index contributed by atoms with van der Waals surface area (Å²) in [6.45, 7) is 0.847. The first-order chi connectivity index (χ1) is 12.8. The van der Waals surface area contributed by atoms with Gasteiger partial charge in [0.05, 0.1) is 0 Å². The van der Waals surface area contributed by atoms with Crippen LogP contribution in [0.3, 0.4) is 0 Å². The number of nitrogens with zero attached hydrogens (tertiary/aromatic N) is 3. The van der Waals surface area contributed by atoms with Crippen LogP contribution >= 0.6 is 0 Å². The van der Waals surface area contributed by atoms with E-state index in [1.807, 2.05) is 17.3 Å². The largest absolute Gasteiger partial charge is 0.324 e. The molecule has 3 aliphatic rings. The van der Waals surface area contributed by atoms with Gasteiger partial charge < -0.3 is 4.90 Å². The first kappa shape index (κ1) is 15.9. The topological polar surface area (TPSA) is 36.4 Å². The molecule has 134 valence electrons. The highest BCUT2D eigenvalue weighted by Gasteiger charge is 2.45. The molecule has 2 fully saturated rings. The Balaban J connectivity index is 1.38. The van der Waals surface area contributed by atoms with E-state index in [4.69, 9.17) is 0 Å². The number of rotatable bonds is 1. The normalized spacial score (nSPS) is 27.3. The van der Waals surface area contributed by atoms with Crippen molar-refractivity contribution in [3.63, 3.8) is 0 Å². The molecule has 0 saturated carbocycles. The summed E-state index contributed by atoms with van der Waals surface area (Å²) in [5.41, 5.74) is 3.82. The van der Waals surface area contributed by atoms with Crippen molar-refractivity contribution in [3.05, 3.63) is 59.9 Å². The number of anilines is 1. The third kappa shape index (κ3) is 2.59. The minimum absolute atomic E-state index is 0.234. The molecular formula is C22H25N3O. The molecule has 2 amide bonds. The number of aryl methyl sites for hydroxylation is 1. The van der Waals surface area contributed by atoms with Crippen molar-refractivity contribution in [2.24, 2.45) is 0 Å². The van der Waals surface area contributed by atoms with Crippen LogP contribution in [0, 0.1) is 0 Å². The Morgan fingerprint density at radius 2 is 1.73 bits per heavy atom. The lowest BCUT2D eigenvalue weighted by Gasteiger charge is -2.42. The molecule has 3 atom stereocenters. The van der Waals surface area contributed by atoms with Crippen molar-refractivity contribution in [1.82, 2.24) is 9.88 Å². The van der Waals surface area contributed by atoms with Crippen LogP contribution in [0.5, 0.6) is 0 Å². The Bertz CT molecular complexity index is 792. The van der Waals surface area contributed by atoms with Gasteiger partial charge in [0.1, 0.15) is 0 Å². The fourth-order valence-electron chi connectivity index (χ4n) is 5.27.